The minimum atomic E-state index is -3.56. The van der Waals surface area contributed by atoms with Crippen molar-refractivity contribution in [3.63, 3.8) is 0 Å². The summed E-state index contributed by atoms with van der Waals surface area (Å²) in [5.74, 6) is -0.298. The van der Waals surface area contributed by atoms with Crippen molar-refractivity contribution in [1.82, 2.24) is 14.1 Å². The molecule has 0 atom stereocenters. The van der Waals surface area contributed by atoms with Gasteiger partial charge in [0.1, 0.15) is 5.82 Å². The summed E-state index contributed by atoms with van der Waals surface area (Å²) in [5.41, 5.74) is 0.885. The molecule has 30 heavy (non-hydrogen) atoms. The van der Waals surface area contributed by atoms with Gasteiger partial charge in [0.05, 0.1) is 4.90 Å². The Morgan fingerprint density at radius 3 is 2.20 bits per heavy atom. The molecule has 2 aromatic carbocycles. The molecular formula is C21H23ClFN3O3S. The largest absolute Gasteiger partial charge is 0.320 e. The Balaban J connectivity index is 1.35. The molecule has 2 heterocycles. The second kappa shape index (κ2) is 8.53. The van der Waals surface area contributed by atoms with Gasteiger partial charge in [-0.1, -0.05) is 23.7 Å². The van der Waals surface area contributed by atoms with E-state index in [1.165, 1.54) is 28.6 Å². The van der Waals surface area contributed by atoms with Crippen molar-refractivity contribution in [1.29, 1.82) is 0 Å². The summed E-state index contributed by atoms with van der Waals surface area (Å²) in [6.45, 7) is 2.42. The fourth-order valence-corrected chi connectivity index (χ4v) is 5.64. The van der Waals surface area contributed by atoms with E-state index in [-0.39, 0.29) is 22.8 Å². The van der Waals surface area contributed by atoms with Gasteiger partial charge in [0.25, 0.3) is 0 Å². The highest BCUT2D eigenvalue weighted by Gasteiger charge is 2.37. The Hall–Kier alpha value is -2.16. The third-order valence-electron chi connectivity index (χ3n) is 5.73. The fraction of sp³-hybridized carbons (Fsp3) is 0.381. The molecule has 0 aliphatic carbocycles. The molecule has 0 N–H and O–H groups in total. The van der Waals surface area contributed by atoms with E-state index >= 15 is 0 Å². The van der Waals surface area contributed by atoms with E-state index in [4.69, 9.17) is 11.6 Å². The summed E-state index contributed by atoms with van der Waals surface area (Å²) >= 11 is 5.86. The van der Waals surface area contributed by atoms with Crippen LogP contribution in [0, 0.1) is 5.82 Å². The highest BCUT2D eigenvalue weighted by Crippen LogP contribution is 2.26. The maximum Gasteiger partial charge on any atom is 0.320 e. The number of carbonyl (C=O) groups excluding carboxylic acids is 1. The third kappa shape index (κ3) is 4.31. The number of carbonyl (C=O) groups is 1. The Morgan fingerprint density at radius 2 is 1.57 bits per heavy atom. The van der Waals surface area contributed by atoms with Crippen LogP contribution in [0.25, 0.3) is 0 Å². The van der Waals surface area contributed by atoms with E-state index in [9.17, 15) is 17.6 Å². The van der Waals surface area contributed by atoms with E-state index in [0.29, 0.717) is 50.6 Å². The van der Waals surface area contributed by atoms with Gasteiger partial charge in [0.2, 0.25) is 10.0 Å². The number of hydrogen-bond donors (Lipinski definition) is 0. The first-order valence-corrected chi connectivity index (χ1v) is 11.7. The van der Waals surface area contributed by atoms with Gasteiger partial charge in [-0.05, 0) is 54.8 Å². The van der Waals surface area contributed by atoms with Crippen LogP contribution < -0.4 is 0 Å². The highest BCUT2D eigenvalue weighted by molar-refractivity contribution is 7.89. The van der Waals surface area contributed by atoms with Gasteiger partial charge in [0.15, 0.2) is 0 Å². The normalized spacial score (nSPS) is 18.9. The Labute approximate surface area is 180 Å². The van der Waals surface area contributed by atoms with Gasteiger partial charge < -0.3 is 9.80 Å². The lowest BCUT2D eigenvalue weighted by atomic mass is 10.1. The lowest BCUT2D eigenvalue weighted by Crippen LogP contribution is -2.47. The third-order valence-corrected chi connectivity index (χ3v) is 7.89. The number of nitrogens with zero attached hydrogens (tertiary/aromatic N) is 3. The van der Waals surface area contributed by atoms with Gasteiger partial charge in [-0.2, -0.15) is 4.31 Å². The summed E-state index contributed by atoms with van der Waals surface area (Å²) < 4.78 is 40.2. The van der Waals surface area contributed by atoms with Crippen molar-refractivity contribution < 1.29 is 17.6 Å². The summed E-state index contributed by atoms with van der Waals surface area (Å²) in [5, 5.41) is 0.491. The van der Waals surface area contributed by atoms with Gasteiger partial charge in [-0.15, -0.1) is 0 Å². The molecule has 0 saturated carbocycles. The zero-order chi connectivity index (χ0) is 21.3. The second-order valence-corrected chi connectivity index (χ2v) is 9.99. The minimum absolute atomic E-state index is 0.0207. The summed E-state index contributed by atoms with van der Waals surface area (Å²) in [4.78, 5) is 16.7. The smallest absolute Gasteiger partial charge is 0.320 e. The lowest BCUT2D eigenvalue weighted by Gasteiger charge is -2.35. The van der Waals surface area contributed by atoms with E-state index < -0.39 is 10.0 Å². The summed E-state index contributed by atoms with van der Waals surface area (Å²) in [6.07, 6.45) is 1.20. The standard InChI is InChI=1S/C21H23ClFN3O3S/c22-17-3-7-20(8-4-17)30(28,29)25-11-9-19(10-12-25)26-14-13-24(21(26)27)15-16-1-5-18(23)6-2-16/h1-8,19H,9-15H2. The minimum Gasteiger partial charge on any atom is -0.320 e. The number of rotatable bonds is 5. The topological polar surface area (TPSA) is 60.9 Å². The van der Waals surface area contributed by atoms with Crippen LogP contribution >= 0.6 is 11.6 Å². The highest BCUT2D eigenvalue weighted by atomic mass is 35.5. The Bertz CT molecular complexity index is 1010. The Morgan fingerprint density at radius 1 is 0.933 bits per heavy atom. The molecule has 2 aromatic rings. The number of amides is 2. The van der Waals surface area contributed by atoms with Gasteiger partial charge in [0, 0.05) is 43.8 Å². The van der Waals surface area contributed by atoms with Crippen LogP contribution in [0.1, 0.15) is 18.4 Å². The summed E-state index contributed by atoms with van der Waals surface area (Å²) in [6, 6.07) is 12.3. The van der Waals surface area contributed by atoms with Gasteiger partial charge >= 0.3 is 6.03 Å². The van der Waals surface area contributed by atoms with Crippen LogP contribution in [-0.2, 0) is 16.6 Å². The average molecular weight is 452 g/mol. The molecule has 6 nitrogen and oxygen atoms in total. The maximum atomic E-state index is 13.1. The second-order valence-electron chi connectivity index (χ2n) is 7.61. The van der Waals surface area contributed by atoms with E-state index in [0.717, 1.165) is 5.56 Å². The number of piperidine rings is 1. The number of sulfonamides is 1. The van der Waals surface area contributed by atoms with Crippen molar-refractivity contribution in [3.05, 3.63) is 64.9 Å². The van der Waals surface area contributed by atoms with Crippen LogP contribution in [0.5, 0.6) is 0 Å². The molecule has 0 unspecified atom stereocenters. The van der Waals surface area contributed by atoms with E-state index in [1.54, 1.807) is 29.2 Å². The number of hydrogen-bond acceptors (Lipinski definition) is 3. The SMILES string of the molecule is O=C1N(Cc2ccc(F)cc2)CCN1C1CCN(S(=O)(=O)c2ccc(Cl)cc2)CC1. The predicted molar refractivity (Wildman–Crippen MR) is 112 cm³/mol. The monoisotopic (exact) mass is 451 g/mol. The van der Waals surface area contributed by atoms with Crippen LogP contribution in [0.4, 0.5) is 9.18 Å². The zero-order valence-electron chi connectivity index (χ0n) is 16.4. The number of halogens is 2. The molecule has 2 aliphatic rings. The predicted octanol–water partition coefficient (Wildman–Crippen LogP) is 3.57. The molecule has 0 aromatic heterocycles. The van der Waals surface area contributed by atoms with Gasteiger partial charge in [-0.25, -0.2) is 17.6 Å². The van der Waals surface area contributed by atoms with Crippen molar-refractivity contribution in [2.45, 2.75) is 30.3 Å². The summed E-state index contributed by atoms with van der Waals surface area (Å²) in [7, 11) is -3.56. The van der Waals surface area contributed by atoms with Crippen LogP contribution in [-0.4, -0.2) is 60.8 Å². The van der Waals surface area contributed by atoms with Gasteiger partial charge in [-0.3, -0.25) is 0 Å². The van der Waals surface area contributed by atoms with Crippen molar-refractivity contribution in [2.24, 2.45) is 0 Å². The Kier molecular flexibility index (Phi) is 5.99. The molecule has 2 saturated heterocycles. The molecule has 0 bridgehead atoms. The van der Waals surface area contributed by atoms with E-state index in [2.05, 4.69) is 0 Å². The van der Waals surface area contributed by atoms with Crippen LogP contribution in [0.15, 0.2) is 53.4 Å². The fourth-order valence-electron chi connectivity index (χ4n) is 4.05. The first-order valence-electron chi connectivity index (χ1n) is 9.90. The van der Waals surface area contributed by atoms with Crippen LogP contribution in [0.3, 0.4) is 0 Å². The van der Waals surface area contributed by atoms with Crippen molar-refractivity contribution >= 4 is 27.7 Å². The molecule has 0 radical (unpaired) electrons. The number of benzene rings is 2. The molecular weight excluding hydrogens is 429 g/mol. The molecule has 2 amide bonds. The maximum absolute atomic E-state index is 13.1. The lowest BCUT2D eigenvalue weighted by molar-refractivity contribution is 0.153. The number of urea groups is 1. The first kappa shape index (κ1) is 21.1. The quantitative estimate of drug-likeness (QED) is 0.698. The molecule has 9 heteroatoms. The molecule has 4 rings (SSSR count). The molecule has 2 aliphatic heterocycles. The zero-order valence-corrected chi connectivity index (χ0v) is 17.9. The van der Waals surface area contributed by atoms with E-state index in [1.807, 2.05) is 4.90 Å². The van der Waals surface area contributed by atoms with Crippen LogP contribution in [0.2, 0.25) is 5.02 Å². The average Bonchev–Trinajstić information content (AvgIpc) is 3.10. The van der Waals surface area contributed by atoms with Crippen molar-refractivity contribution in [2.75, 3.05) is 26.2 Å². The van der Waals surface area contributed by atoms with Crippen molar-refractivity contribution in [3.8, 4) is 0 Å². The molecule has 0 spiro atoms. The molecule has 160 valence electrons. The first-order chi connectivity index (χ1) is 14.3. The molecule has 2 fully saturated rings.